The maximum absolute atomic E-state index is 12.3. The summed E-state index contributed by atoms with van der Waals surface area (Å²) in [6.45, 7) is 0.834. The first-order valence-electron chi connectivity index (χ1n) is 7.33. The Bertz CT molecular complexity index is 636. The van der Waals surface area contributed by atoms with Crippen molar-refractivity contribution in [2.75, 3.05) is 6.61 Å². The lowest BCUT2D eigenvalue weighted by molar-refractivity contribution is 0.00810. The standard InChI is InChI=1S/C16H17N3O2/c20-16(18-14-9-15-12(14)6-8-21-15)11-3-1-10(2-4-11)13-5-7-17-19-13/h1-5,7,12,14-15H,6,8-9H2,(H,17,19)(H,18,20)/t12-,14+,15+/m0/s1. The first kappa shape index (κ1) is 12.6. The molecule has 2 aromatic rings. The van der Waals surface area contributed by atoms with Crippen LogP contribution in [-0.2, 0) is 4.74 Å². The fraction of sp³-hybridized carbons (Fsp3) is 0.375. The Hall–Kier alpha value is -2.14. The number of hydrogen-bond acceptors (Lipinski definition) is 3. The van der Waals surface area contributed by atoms with Gasteiger partial charge in [0.25, 0.3) is 5.91 Å². The molecule has 1 saturated carbocycles. The van der Waals surface area contributed by atoms with Crippen molar-refractivity contribution in [2.45, 2.75) is 25.0 Å². The summed E-state index contributed by atoms with van der Waals surface area (Å²) in [6.07, 6.45) is 4.10. The molecule has 21 heavy (non-hydrogen) atoms. The monoisotopic (exact) mass is 283 g/mol. The number of ether oxygens (including phenoxy) is 1. The number of nitrogens with zero attached hydrogens (tertiary/aromatic N) is 1. The maximum Gasteiger partial charge on any atom is 0.251 e. The molecule has 2 fully saturated rings. The molecule has 5 heteroatoms. The molecule has 0 unspecified atom stereocenters. The Morgan fingerprint density at radius 1 is 1.29 bits per heavy atom. The fourth-order valence-corrected chi connectivity index (χ4v) is 3.23. The lowest BCUT2D eigenvalue weighted by Crippen LogP contribution is -2.53. The van der Waals surface area contributed by atoms with Crippen molar-refractivity contribution < 1.29 is 9.53 Å². The molecule has 1 saturated heterocycles. The number of benzene rings is 1. The Balaban J connectivity index is 1.43. The lowest BCUT2D eigenvalue weighted by Gasteiger charge is -2.39. The summed E-state index contributed by atoms with van der Waals surface area (Å²) in [5, 5.41) is 9.96. The summed E-state index contributed by atoms with van der Waals surface area (Å²) in [6, 6.07) is 9.76. The smallest absolute Gasteiger partial charge is 0.251 e. The van der Waals surface area contributed by atoms with Gasteiger partial charge in [0.2, 0.25) is 0 Å². The lowest BCUT2D eigenvalue weighted by atomic mass is 9.76. The van der Waals surface area contributed by atoms with Gasteiger partial charge in [-0.1, -0.05) is 12.1 Å². The van der Waals surface area contributed by atoms with E-state index in [-0.39, 0.29) is 11.9 Å². The van der Waals surface area contributed by atoms with Crippen LogP contribution in [0.3, 0.4) is 0 Å². The molecule has 2 aliphatic rings. The molecule has 0 spiro atoms. The number of amides is 1. The highest BCUT2D eigenvalue weighted by Crippen LogP contribution is 2.38. The van der Waals surface area contributed by atoms with Gasteiger partial charge in [-0.25, -0.2) is 0 Å². The summed E-state index contributed by atoms with van der Waals surface area (Å²) < 4.78 is 5.57. The minimum absolute atomic E-state index is 0.00140. The third-order valence-electron chi connectivity index (χ3n) is 4.54. The molecule has 0 radical (unpaired) electrons. The van der Waals surface area contributed by atoms with Crippen molar-refractivity contribution in [2.24, 2.45) is 5.92 Å². The Labute approximate surface area is 122 Å². The molecule has 0 bridgehead atoms. The van der Waals surface area contributed by atoms with Crippen molar-refractivity contribution in [1.29, 1.82) is 0 Å². The number of rotatable bonds is 3. The van der Waals surface area contributed by atoms with Crippen LogP contribution < -0.4 is 5.32 Å². The molecular formula is C16H17N3O2. The molecular weight excluding hydrogens is 266 g/mol. The van der Waals surface area contributed by atoms with Crippen molar-refractivity contribution in [3.8, 4) is 11.3 Å². The number of aromatic nitrogens is 2. The minimum Gasteiger partial charge on any atom is -0.378 e. The number of carbonyl (C=O) groups is 1. The molecule has 1 aromatic carbocycles. The van der Waals surface area contributed by atoms with Crippen molar-refractivity contribution >= 4 is 5.91 Å². The van der Waals surface area contributed by atoms with Gasteiger partial charge in [0.05, 0.1) is 11.8 Å². The van der Waals surface area contributed by atoms with Crippen molar-refractivity contribution in [3.63, 3.8) is 0 Å². The van der Waals surface area contributed by atoms with Crippen LogP contribution in [0.2, 0.25) is 0 Å². The Morgan fingerprint density at radius 3 is 2.86 bits per heavy atom. The number of hydrogen-bond donors (Lipinski definition) is 2. The van der Waals surface area contributed by atoms with Crippen LogP contribution >= 0.6 is 0 Å². The zero-order chi connectivity index (χ0) is 14.2. The summed E-state index contributed by atoms with van der Waals surface area (Å²) in [5.41, 5.74) is 2.67. The summed E-state index contributed by atoms with van der Waals surface area (Å²) >= 11 is 0. The minimum atomic E-state index is 0.00140. The van der Waals surface area contributed by atoms with Gasteiger partial charge in [0.1, 0.15) is 0 Å². The first-order chi connectivity index (χ1) is 10.3. The average molecular weight is 283 g/mol. The fourth-order valence-electron chi connectivity index (χ4n) is 3.23. The van der Waals surface area contributed by atoms with E-state index >= 15 is 0 Å². The molecule has 2 N–H and O–H groups in total. The van der Waals surface area contributed by atoms with Gasteiger partial charge in [-0.3, -0.25) is 9.89 Å². The molecule has 1 aliphatic heterocycles. The highest BCUT2D eigenvalue weighted by Gasteiger charge is 2.45. The topological polar surface area (TPSA) is 67.0 Å². The highest BCUT2D eigenvalue weighted by atomic mass is 16.5. The molecule has 4 rings (SSSR count). The first-order valence-corrected chi connectivity index (χ1v) is 7.33. The highest BCUT2D eigenvalue weighted by molar-refractivity contribution is 5.94. The largest absolute Gasteiger partial charge is 0.378 e. The van der Waals surface area contributed by atoms with Gasteiger partial charge >= 0.3 is 0 Å². The molecule has 1 aliphatic carbocycles. The normalized spacial score (nSPS) is 27.0. The van der Waals surface area contributed by atoms with Crippen LogP contribution in [-0.4, -0.2) is 34.9 Å². The van der Waals surface area contributed by atoms with Crippen LogP contribution in [0.15, 0.2) is 36.5 Å². The van der Waals surface area contributed by atoms with Crippen molar-refractivity contribution in [1.82, 2.24) is 15.5 Å². The quantitative estimate of drug-likeness (QED) is 0.905. The third kappa shape index (κ3) is 2.23. The summed E-state index contributed by atoms with van der Waals surface area (Å²) in [4.78, 5) is 12.3. The zero-order valence-electron chi connectivity index (χ0n) is 11.6. The van der Waals surface area contributed by atoms with Gasteiger partial charge in [-0.2, -0.15) is 5.10 Å². The van der Waals surface area contributed by atoms with E-state index in [1.807, 2.05) is 30.3 Å². The molecule has 1 amide bonds. The van der Waals surface area contributed by atoms with E-state index in [4.69, 9.17) is 4.74 Å². The van der Waals surface area contributed by atoms with E-state index in [2.05, 4.69) is 15.5 Å². The van der Waals surface area contributed by atoms with E-state index in [0.717, 1.165) is 30.7 Å². The average Bonchev–Trinajstić information content (AvgIpc) is 3.14. The van der Waals surface area contributed by atoms with Crippen LogP contribution in [0.1, 0.15) is 23.2 Å². The number of nitrogens with one attached hydrogen (secondary N) is 2. The second-order valence-corrected chi connectivity index (χ2v) is 5.73. The number of aromatic amines is 1. The molecule has 5 nitrogen and oxygen atoms in total. The van der Waals surface area contributed by atoms with E-state index in [1.165, 1.54) is 0 Å². The number of carbonyl (C=O) groups excluding carboxylic acids is 1. The van der Waals surface area contributed by atoms with Crippen LogP contribution in [0, 0.1) is 5.92 Å². The van der Waals surface area contributed by atoms with E-state index < -0.39 is 0 Å². The number of H-pyrrole nitrogens is 1. The SMILES string of the molecule is O=C(N[C@@H]1C[C@H]2OCC[C@@H]12)c1ccc(-c2ccn[nH]2)cc1. The number of fused-ring (bicyclic) bond motifs is 1. The second-order valence-electron chi connectivity index (χ2n) is 5.73. The molecule has 108 valence electrons. The molecule has 3 atom stereocenters. The van der Waals surface area contributed by atoms with Gasteiger partial charge < -0.3 is 10.1 Å². The van der Waals surface area contributed by atoms with Crippen LogP contribution in [0.25, 0.3) is 11.3 Å². The molecule has 2 heterocycles. The Morgan fingerprint density at radius 2 is 2.14 bits per heavy atom. The molecule has 1 aromatic heterocycles. The second kappa shape index (κ2) is 5.00. The van der Waals surface area contributed by atoms with Gasteiger partial charge in [0.15, 0.2) is 0 Å². The van der Waals surface area contributed by atoms with E-state index in [1.54, 1.807) is 6.20 Å². The predicted molar refractivity (Wildman–Crippen MR) is 77.7 cm³/mol. The van der Waals surface area contributed by atoms with Crippen LogP contribution in [0.5, 0.6) is 0 Å². The van der Waals surface area contributed by atoms with Gasteiger partial charge in [-0.05, 0) is 36.6 Å². The maximum atomic E-state index is 12.3. The summed E-state index contributed by atoms with van der Waals surface area (Å²) in [7, 11) is 0. The third-order valence-corrected chi connectivity index (χ3v) is 4.54. The predicted octanol–water partition coefficient (Wildman–Crippen LogP) is 1.98. The van der Waals surface area contributed by atoms with E-state index in [0.29, 0.717) is 17.6 Å². The van der Waals surface area contributed by atoms with E-state index in [9.17, 15) is 4.79 Å². The Kier molecular flexibility index (Phi) is 3.00. The van der Waals surface area contributed by atoms with Crippen molar-refractivity contribution in [3.05, 3.63) is 42.1 Å². The van der Waals surface area contributed by atoms with Crippen LogP contribution in [0.4, 0.5) is 0 Å². The van der Waals surface area contributed by atoms with Gasteiger partial charge in [-0.15, -0.1) is 0 Å². The van der Waals surface area contributed by atoms with Gasteiger partial charge in [0, 0.05) is 30.3 Å². The summed E-state index contributed by atoms with van der Waals surface area (Å²) in [5.74, 6) is 0.514. The zero-order valence-corrected chi connectivity index (χ0v) is 11.6.